The fourth-order valence-corrected chi connectivity index (χ4v) is 3.03. The molecule has 1 saturated heterocycles. The molecule has 138 valence electrons. The molecule has 0 bridgehead atoms. The standard InChI is InChI=1S/C19H31N5O/c1-5-21-19(22-10-7-16-6-9-20-12-15(16)4)23-17-8-11-24(13-17)18(25)14(2)3/h6,9,12,14,17H,5,7-8,10-11,13H2,1-4H3,(H2,21,22,23). The molecule has 1 aliphatic rings. The van der Waals surface area contributed by atoms with E-state index in [9.17, 15) is 4.79 Å². The van der Waals surface area contributed by atoms with Gasteiger partial charge < -0.3 is 15.5 Å². The van der Waals surface area contributed by atoms with Crippen LogP contribution in [0, 0.1) is 12.8 Å². The van der Waals surface area contributed by atoms with Crippen LogP contribution >= 0.6 is 0 Å². The van der Waals surface area contributed by atoms with Crippen LogP contribution in [0.25, 0.3) is 0 Å². The zero-order chi connectivity index (χ0) is 18.2. The fourth-order valence-electron chi connectivity index (χ4n) is 3.03. The van der Waals surface area contributed by atoms with Gasteiger partial charge in [0, 0.05) is 50.5 Å². The number of pyridine rings is 1. The van der Waals surface area contributed by atoms with Gasteiger partial charge >= 0.3 is 0 Å². The molecule has 1 aromatic rings. The van der Waals surface area contributed by atoms with E-state index in [1.165, 1.54) is 11.1 Å². The highest BCUT2D eigenvalue weighted by atomic mass is 16.2. The summed E-state index contributed by atoms with van der Waals surface area (Å²) in [5.74, 6) is 1.13. The average molecular weight is 345 g/mol. The molecule has 0 spiro atoms. The van der Waals surface area contributed by atoms with E-state index in [-0.39, 0.29) is 17.9 Å². The Labute approximate surface area is 151 Å². The van der Waals surface area contributed by atoms with Crippen LogP contribution in [0.4, 0.5) is 0 Å². The average Bonchev–Trinajstić information content (AvgIpc) is 3.04. The number of likely N-dealkylation sites (tertiary alicyclic amines) is 1. The number of carbonyl (C=O) groups excluding carboxylic acids is 1. The molecule has 1 amide bonds. The Morgan fingerprint density at radius 3 is 2.96 bits per heavy atom. The van der Waals surface area contributed by atoms with Crippen molar-refractivity contribution in [1.29, 1.82) is 0 Å². The van der Waals surface area contributed by atoms with Crippen molar-refractivity contribution in [1.82, 2.24) is 20.5 Å². The van der Waals surface area contributed by atoms with Gasteiger partial charge in [0.05, 0.1) is 0 Å². The van der Waals surface area contributed by atoms with E-state index in [1.54, 1.807) is 0 Å². The van der Waals surface area contributed by atoms with Crippen molar-refractivity contribution in [2.75, 3.05) is 26.2 Å². The number of nitrogens with one attached hydrogen (secondary N) is 2. The number of hydrogen-bond donors (Lipinski definition) is 2. The summed E-state index contributed by atoms with van der Waals surface area (Å²) in [7, 11) is 0. The molecule has 25 heavy (non-hydrogen) atoms. The molecule has 1 atom stereocenters. The fraction of sp³-hybridized carbons (Fsp3) is 0.632. The van der Waals surface area contributed by atoms with Crippen molar-refractivity contribution in [2.24, 2.45) is 10.9 Å². The molecule has 6 heteroatoms. The molecule has 0 radical (unpaired) electrons. The highest BCUT2D eigenvalue weighted by Crippen LogP contribution is 2.12. The third-order valence-corrected chi connectivity index (χ3v) is 4.47. The SMILES string of the molecule is CCNC(=NCCc1ccncc1C)NC1CCN(C(=O)C(C)C)C1. The Kier molecular flexibility index (Phi) is 7.22. The van der Waals surface area contributed by atoms with Gasteiger partial charge in [-0.05, 0) is 43.9 Å². The van der Waals surface area contributed by atoms with Gasteiger partial charge in [0.2, 0.25) is 5.91 Å². The molecule has 1 aromatic heterocycles. The first-order valence-corrected chi connectivity index (χ1v) is 9.24. The molecule has 1 fully saturated rings. The summed E-state index contributed by atoms with van der Waals surface area (Å²) < 4.78 is 0. The van der Waals surface area contributed by atoms with Crippen LogP contribution in [0.2, 0.25) is 0 Å². The maximum atomic E-state index is 12.1. The number of amides is 1. The highest BCUT2D eigenvalue weighted by molar-refractivity contribution is 5.81. The minimum absolute atomic E-state index is 0.0595. The van der Waals surface area contributed by atoms with Gasteiger partial charge in [0.1, 0.15) is 0 Å². The number of nitrogens with zero attached hydrogens (tertiary/aromatic N) is 3. The Morgan fingerprint density at radius 1 is 1.48 bits per heavy atom. The topological polar surface area (TPSA) is 69.6 Å². The molecule has 2 N–H and O–H groups in total. The lowest BCUT2D eigenvalue weighted by molar-refractivity contribution is -0.133. The van der Waals surface area contributed by atoms with Crippen LogP contribution in [-0.4, -0.2) is 54.0 Å². The molecule has 0 aromatic carbocycles. The van der Waals surface area contributed by atoms with Gasteiger partial charge in [-0.15, -0.1) is 0 Å². The van der Waals surface area contributed by atoms with E-state index in [1.807, 2.05) is 31.1 Å². The number of hydrogen-bond acceptors (Lipinski definition) is 3. The van der Waals surface area contributed by atoms with Gasteiger partial charge in [-0.1, -0.05) is 13.8 Å². The van der Waals surface area contributed by atoms with E-state index in [2.05, 4.69) is 40.5 Å². The van der Waals surface area contributed by atoms with Crippen molar-refractivity contribution in [3.8, 4) is 0 Å². The lowest BCUT2D eigenvalue weighted by atomic mass is 10.1. The number of aryl methyl sites for hydroxylation is 1. The molecular weight excluding hydrogens is 314 g/mol. The van der Waals surface area contributed by atoms with Crippen LogP contribution < -0.4 is 10.6 Å². The lowest BCUT2D eigenvalue weighted by Gasteiger charge is -2.20. The molecule has 1 unspecified atom stereocenters. The first kappa shape index (κ1) is 19.2. The predicted octanol–water partition coefficient (Wildman–Crippen LogP) is 1.74. The van der Waals surface area contributed by atoms with Crippen LogP contribution in [0.1, 0.15) is 38.3 Å². The first-order valence-electron chi connectivity index (χ1n) is 9.24. The Balaban J connectivity index is 1.88. The molecule has 0 aliphatic carbocycles. The number of aromatic nitrogens is 1. The second-order valence-electron chi connectivity index (χ2n) is 6.88. The number of guanidine groups is 1. The summed E-state index contributed by atoms with van der Waals surface area (Å²) in [6.07, 6.45) is 5.58. The van der Waals surface area contributed by atoms with E-state index in [0.717, 1.165) is 45.0 Å². The number of aliphatic imine (C=N–C) groups is 1. The normalized spacial score (nSPS) is 17.9. The summed E-state index contributed by atoms with van der Waals surface area (Å²) in [5, 5.41) is 6.77. The van der Waals surface area contributed by atoms with Crippen LogP contribution in [0.15, 0.2) is 23.5 Å². The van der Waals surface area contributed by atoms with E-state index < -0.39 is 0 Å². The Bertz CT molecular complexity index is 599. The van der Waals surface area contributed by atoms with Crippen LogP contribution in [0.5, 0.6) is 0 Å². The highest BCUT2D eigenvalue weighted by Gasteiger charge is 2.27. The van der Waals surface area contributed by atoms with Crippen molar-refractivity contribution >= 4 is 11.9 Å². The second kappa shape index (κ2) is 9.39. The van der Waals surface area contributed by atoms with Crippen molar-refractivity contribution < 1.29 is 4.79 Å². The van der Waals surface area contributed by atoms with Gasteiger partial charge in [0.15, 0.2) is 5.96 Å². The molecule has 2 heterocycles. The Hall–Kier alpha value is -2.11. The first-order chi connectivity index (χ1) is 12.0. The smallest absolute Gasteiger partial charge is 0.225 e. The maximum Gasteiger partial charge on any atom is 0.225 e. The molecule has 2 rings (SSSR count). The van der Waals surface area contributed by atoms with Gasteiger partial charge in [0.25, 0.3) is 0 Å². The third-order valence-electron chi connectivity index (χ3n) is 4.47. The molecule has 0 saturated carbocycles. The van der Waals surface area contributed by atoms with Crippen LogP contribution in [0.3, 0.4) is 0 Å². The minimum Gasteiger partial charge on any atom is -0.357 e. The van der Waals surface area contributed by atoms with Gasteiger partial charge in [-0.25, -0.2) is 0 Å². The van der Waals surface area contributed by atoms with Crippen molar-refractivity contribution in [2.45, 2.75) is 46.6 Å². The van der Waals surface area contributed by atoms with Crippen molar-refractivity contribution in [3.63, 3.8) is 0 Å². The second-order valence-corrected chi connectivity index (χ2v) is 6.88. The third kappa shape index (κ3) is 5.73. The predicted molar refractivity (Wildman–Crippen MR) is 102 cm³/mol. The minimum atomic E-state index is 0.0595. The van der Waals surface area contributed by atoms with E-state index in [4.69, 9.17) is 0 Å². The van der Waals surface area contributed by atoms with E-state index in [0.29, 0.717) is 0 Å². The van der Waals surface area contributed by atoms with Crippen molar-refractivity contribution in [3.05, 3.63) is 29.6 Å². The maximum absolute atomic E-state index is 12.1. The zero-order valence-corrected chi connectivity index (χ0v) is 15.9. The summed E-state index contributed by atoms with van der Waals surface area (Å²) in [6.45, 7) is 11.2. The van der Waals surface area contributed by atoms with Crippen LogP contribution in [-0.2, 0) is 11.2 Å². The monoisotopic (exact) mass is 345 g/mol. The number of carbonyl (C=O) groups is 1. The molecule has 1 aliphatic heterocycles. The van der Waals surface area contributed by atoms with E-state index >= 15 is 0 Å². The summed E-state index contributed by atoms with van der Waals surface area (Å²) in [4.78, 5) is 22.9. The quantitative estimate of drug-likeness (QED) is 0.609. The summed E-state index contributed by atoms with van der Waals surface area (Å²) >= 11 is 0. The molecular formula is C19H31N5O. The molecule has 6 nitrogen and oxygen atoms in total. The van der Waals surface area contributed by atoms with Gasteiger partial charge in [-0.2, -0.15) is 0 Å². The lowest BCUT2D eigenvalue weighted by Crippen LogP contribution is -2.45. The zero-order valence-electron chi connectivity index (χ0n) is 15.9. The van der Waals surface area contributed by atoms with Gasteiger partial charge in [-0.3, -0.25) is 14.8 Å². The number of rotatable bonds is 6. The summed E-state index contributed by atoms with van der Waals surface area (Å²) in [6, 6.07) is 2.32. The summed E-state index contributed by atoms with van der Waals surface area (Å²) in [5.41, 5.74) is 2.48. The largest absolute Gasteiger partial charge is 0.357 e. The Morgan fingerprint density at radius 2 is 2.28 bits per heavy atom.